The average molecular weight is 1910 g/mol. The summed E-state index contributed by atoms with van der Waals surface area (Å²) >= 11 is 0. The predicted molar refractivity (Wildman–Crippen MR) is 538 cm³/mol. The topological polar surface area (TPSA) is 190 Å². The molecule has 11 aliphatic heterocycles. The van der Waals surface area contributed by atoms with Crippen LogP contribution in [-0.4, -0.2) is 215 Å². The van der Waals surface area contributed by atoms with Crippen molar-refractivity contribution in [3.8, 4) is 44.5 Å². The highest BCUT2D eigenvalue weighted by molar-refractivity contribution is 6.11. The molecule has 8 fully saturated rings. The summed E-state index contributed by atoms with van der Waals surface area (Å²) in [5.41, 5.74) is 14.3. The van der Waals surface area contributed by atoms with Gasteiger partial charge in [0.25, 0.3) is 0 Å². The first-order valence-corrected chi connectivity index (χ1v) is 50.8. The number of nitrogens with zero attached hydrogens (tertiary/aromatic N) is 17. The molecule has 1 saturated carbocycles. The molecule has 4 amide bonds. The molecule has 0 bridgehead atoms. The molecule has 4 aromatic heterocycles. The maximum absolute atomic E-state index is 15.3. The van der Waals surface area contributed by atoms with Crippen molar-refractivity contribution in [1.82, 2.24) is 68.9 Å². The molecular weight excluding hydrogens is 1780 g/mol. The minimum absolute atomic E-state index is 0.00292. The van der Waals surface area contributed by atoms with Crippen LogP contribution in [0.3, 0.4) is 0 Å². The van der Waals surface area contributed by atoms with Gasteiger partial charge >= 0.3 is 0 Å². The number of rotatable bonds is 17. The summed E-state index contributed by atoms with van der Waals surface area (Å²) in [6.45, 7) is 17.8. The van der Waals surface area contributed by atoms with Gasteiger partial charge in [-0.05, 0) is 236 Å². The van der Waals surface area contributed by atoms with Crippen LogP contribution in [0.2, 0.25) is 0 Å². The number of benzene rings is 8. The summed E-state index contributed by atoms with van der Waals surface area (Å²) in [5, 5.41) is 20.2. The fraction of sp³-hybridized carbons (Fsp3) is 0.434. The molecule has 12 aliphatic rings. The highest BCUT2D eigenvalue weighted by Crippen LogP contribution is 2.55. The zero-order valence-corrected chi connectivity index (χ0v) is 81.6. The molecule has 4 spiro atoms. The molecule has 734 valence electrons. The predicted octanol–water partition coefficient (Wildman–Crippen LogP) is 17.3. The summed E-state index contributed by atoms with van der Waals surface area (Å²) in [6, 6.07) is 55.0. The Morgan fingerprint density at radius 2 is 0.709 bits per heavy atom. The van der Waals surface area contributed by atoms with Crippen molar-refractivity contribution >= 4 is 46.4 Å². The number of carbonyl (C=O) groups excluding carboxylic acids is 4. The van der Waals surface area contributed by atoms with Crippen molar-refractivity contribution < 1.29 is 45.9 Å². The number of carbonyl (C=O) groups is 4. The van der Waals surface area contributed by atoms with Crippen molar-refractivity contribution in [3.05, 3.63) is 287 Å². The number of fused-ring (bicyclic) bond motifs is 8. The van der Waals surface area contributed by atoms with Gasteiger partial charge in [0.05, 0.1) is 79.2 Å². The Labute approximate surface area is 822 Å². The highest BCUT2D eigenvalue weighted by atomic mass is 19.1. The number of hydrogen-bond donors (Lipinski definition) is 1. The lowest BCUT2D eigenvalue weighted by molar-refractivity contribution is -0.125. The lowest BCUT2D eigenvalue weighted by Gasteiger charge is -2.43. The molecule has 7 saturated heterocycles. The number of aryl methyl sites for hydroxylation is 4. The number of anilines is 4. The number of ether oxygens (including phenoxy) is 1. The molecule has 0 radical (unpaired) electrons. The van der Waals surface area contributed by atoms with Crippen LogP contribution in [0.4, 0.5) is 44.7 Å². The van der Waals surface area contributed by atoms with Crippen LogP contribution in [-0.2, 0) is 99.9 Å². The summed E-state index contributed by atoms with van der Waals surface area (Å²) in [7, 11) is 7.36. The third-order valence-electron chi connectivity index (χ3n) is 33.0. The lowest BCUT2D eigenvalue weighted by Crippen LogP contribution is -2.54. The molecule has 1 aliphatic carbocycles. The zero-order valence-electron chi connectivity index (χ0n) is 81.6. The molecule has 141 heavy (non-hydrogen) atoms. The highest BCUT2D eigenvalue weighted by Gasteiger charge is 2.60. The van der Waals surface area contributed by atoms with Crippen molar-refractivity contribution in [2.45, 2.75) is 194 Å². The van der Waals surface area contributed by atoms with Gasteiger partial charge in [0.2, 0.25) is 23.6 Å². The number of aromatic nitrogens is 8. The van der Waals surface area contributed by atoms with Crippen LogP contribution in [0.1, 0.15) is 155 Å². The van der Waals surface area contributed by atoms with Crippen molar-refractivity contribution in [2.24, 2.45) is 28.2 Å². The molecule has 28 heteroatoms. The summed E-state index contributed by atoms with van der Waals surface area (Å²) in [5.74, 6) is -0.905. The second-order valence-electron chi connectivity index (χ2n) is 41.6. The van der Waals surface area contributed by atoms with Crippen molar-refractivity contribution in [3.63, 3.8) is 0 Å². The number of hydrogen-bond acceptors (Lipinski definition) is 15. The summed E-state index contributed by atoms with van der Waals surface area (Å²) in [6.07, 6.45) is 27.8. The Morgan fingerprint density at radius 1 is 0.369 bits per heavy atom. The summed E-state index contributed by atoms with van der Waals surface area (Å²) < 4.78 is 88.1. The molecule has 7 unspecified atom stereocenters. The van der Waals surface area contributed by atoms with Gasteiger partial charge < -0.3 is 34.6 Å². The zero-order chi connectivity index (χ0) is 97.2. The van der Waals surface area contributed by atoms with E-state index in [1.54, 1.807) is 83.6 Å². The average Bonchev–Trinajstić information content (AvgIpc) is 1.57. The standard InChI is InChI=1S/C30H36FN5O.C28H30F2N4O.C28H32FN5O.C27H29FN4O2/c1-21(2)34-13-10-25(11-14-34)35-15-12-30(20-35)26-6-4-5-7-28(26)36(29(30)37)19-23-9-8-22(16-27(23)31)24-17-32-33(3)18-24;1-32-16-21(15-31-32)19-10-11-20(24(30)14-19)17-34-25-8-4-2-6-22(25)28(27(34)35)12-13-33(18-28)26-9-5-3-7-23(26)29;1-32-18-22(16-31-32)20-8-9-21(25(29)15-20)19-34-26-7-3-2-6-24(26)28(27(34)35)10-13-33(14-11-28)23-5-4-12-30-17-23;1-30-15-21(14-29-30)19-8-9-20(24(28)13-19)16-32-25-7-3-2-6-23(25)27(26(32)33)10-11-31(18-27)22-5-4-12-34-17-22/h4-9,16-18,21,25H,10-15,19-20H2,1-3H3;2,4,6,8,10-11,14-16,23,26H,3,5,7,9,12-13,17-18H2,1H3;2-3,6-9,15-16,18,23,30H,4-5,10-14,17,19H2,1H3;2-3,6-9,13-15,22H,4-5,10-12,16-18H2,1H3. The Kier molecular flexibility index (Phi) is 26.7. The van der Waals surface area contributed by atoms with E-state index in [0.29, 0.717) is 78.9 Å². The monoisotopic (exact) mass is 1910 g/mol. The Bertz CT molecular complexity index is 6620. The van der Waals surface area contributed by atoms with E-state index >= 15 is 17.6 Å². The molecule has 7 atom stereocenters. The normalized spacial score (nSPS) is 24.1. The van der Waals surface area contributed by atoms with E-state index in [9.17, 15) is 23.6 Å². The lowest BCUT2D eigenvalue weighted by atomic mass is 9.73. The maximum Gasteiger partial charge on any atom is 0.239 e. The molecule has 12 aromatic rings. The molecular formula is C113H127F5N18O5. The maximum atomic E-state index is 15.3. The van der Waals surface area contributed by atoms with Crippen LogP contribution >= 0.6 is 0 Å². The number of likely N-dealkylation sites (tertiary alicyclic amines) is 5. The number of alkyl halides is 1. The fourth-order valence-corrected chi connectivity index (χ4v) is 25.2. The van der Waals surface area contributed by atoms with E-state index in [1.165, 1.54) is 25.0 Å². The van der Waals surface area contributed by atoms with Gasteiger partial charge in [-0.15, -0.1) is 0 Å². The van der Waals surface area contributed by atoms with E-state index in [-0.39, 0.29) is 79.1 Å². The molecule has 15 heterocycles. The number of para-hydroxylation sites is 4. The second-order valence-corrected chi connectivity index (χ2v) is 41.6. The van der Waals surface area contributed by atoms with Crippen LogP contribution in [0.5, 0.6) is 0 Å². The van der Waals surface area contributed by atoms with Crippen LogP contribution in [0.25, 0.3) is 44.5 Å². The first-order chi connectivity index (χ1) is 68.4. The second kappa shape index (κ2) is 39.6. The quantitative estimate of drug-likeness (QED) is 0.0847. The third-order valence-corrected chi connectivity index (χ3v) is 33.0. The van der Waals surface area contributed by atoms with Gasteiger partial charge in [0, 0.05) is 190 Å². The van der Waals surface area contributed by atoms with E-state index in [2.05, 4.69) is 82.3 Å². The van der Waals surface area contributed by atoms with Crippen molar-refractivity contribution in [1.29, 1.82) is 0 Å². The summed E-state index contributed by atoms with van der Waals surface area (Å²) in [4.78, 5) is 75.5. The molecule has 23 nitrogen and oxygen atoms in total. The van der Waals surface area contributed by atoms with Crippen LogP contribution in [0.15, 0.2) is 219 Å². The minimum Gasteiger partial charge on any atom is -0.380 e. The number of amides is 4. The van der Waals surface area contributed by atoms with E-state index < -0.39 is 27.8 Å². The smallest absolute Gasteiger partial charge is 0.239 e. The minimum atomic E-state index is -0.825. The van der Waals surface area contributed by atoms with Gasteiger partial charge in [-0.1, -0.05) is 134 Å². The first-order valence-electron chi connectivity index (χ1n) is 50.8. The van der Waals surface area contributed by atoms with Gasteiger partial charge in [0.1, 0.15) is 29.4 Å². The molecule has 24 rings (SSSR count). The SMILES string of the molecule is CC(C)N1CCC(N2CCC3(C2)C(=O)N(Cc2ccc(-c4cnn(C)c4)cc2F)c2ccccc23)CC1.Cn1cc(-c2ccc(CN3C(=O)C4(CCN(C5CCCCC5F)C4)c4ccccc43)c(F)c2)cn1.Cn1cc(-c2ccc(CN3C(=O)C4(CCN(C5CCCNC5)CC4)c4ccccc43)c(F)c2)cn1.Cn1cc(-c2ccc(CN3C(=O)C4(CCN(C5CCCOC5)C4)c4ccccc43)c(F)c2)cn1. The van der Waals surface area contributed by atoms with Gasteiger partial charge in [0.15, 0.2) is 0 Å². The van der Waals surface area contributed by atoms with E-state index in [4.69, 9.17) is 4.74 Å². The molecule has 1 N–H and O–H groups in total. The van der Waals surface area contributed by atoms with Crippen LogP contribution in [0, 0.1) is 23.3 Å². The number of piperidine rings is 3. The number of nitrogens with one attached hydrogen (secondary N) is 1. The van der Waals surface area contributed by atoms with Gasteiger partial charge in [-0.2, -0.15) is 20.4 Å². The Morgan fingerprint density at radius 3 is 1.06 bits per heavy atom. The third kappa shape index (κ3) is 18.2. The number of halogens is 5. The Balaban J connectivity index is 0.000000111. The Hall–Kier alpha value is -12.2. The largest absolute Gasteiger partial charge is 0.380 e. The van der Waals surface area contributed by atoms with Crippen molar-refractivity contribution in [2.75, 3.05) is 111 Å². The van der Waals surface area contributed by atoms with E-state index in [1.807, 2.05) is 172 Å². The van der Waals surface area contributed by atoms with Gasteiger partial charge in [-0.3, -0.25) is 57.5 Å². The molecule has 8 aromatic carbocycles. The fourth-order valence-electron chi connectivity index (χ4n) is 25.2. The van der Waals surface area contributed by atoms with E-state index in [0.717, 1.165) is 232 Å². The van der Waals surface area contributed by atoms with Gasteiger partial charge in [-0.25, -0.2) is 22.0 Å². The first kappa shape index (κ1) is 95.1. The van der Waals surface area contributed by atoms with Crippen LogP contribution < -0.4 is 24.9 Å².